The smallest absolute Gasteiger partial charge is 0.393 e. The molecule has 0 heterocycles. The van der Waals surface area contributed by atoms with Gasteiger partial charge in [0.15, 0.2) is 0 Å². The highest BCUT2D eigenvalue weighted by molar-refractivity contribution is 7.47. The number of phosphoric ester groups is 1. The second kappa shape index (κ2) is 32.2. The summed E-state index contributed by atoms with van der Waals surface area (Å²) in [6, 6.07) is -1.27. The average Bonchev–Trinajstić information content (AvgIpc) is 3.17. The van der Waals surface area contributed by atoms with E-state index in [9.17, 15) is 50.0 Å². The van der Waals surface area contributed by atoms with Crippen LogP contribution in [0.25, 0.3) is 0 Å². The molecule has 1 amide bonds. The molecule has 13 nitrogen and oxygen atoms in total. The Hall–Kier alpha value is -1.74. The van der Waals surface area contributed by atoms with E-state index >= 15 is 0 Å². The minimum atomic E-state index is -5.15. The van der Waals surface area contributed by atoms with E-state index in [-0.39, 0.29) is 6.42 Å². The summed E-state index contributed by atoms with van der Waals surface area (Å²) in [5.74, 6) is -0.627. The molecule has 0 aliphatic heterocycles. The maximum Gasteiger partial charge on any atom is 0.472 e. The molecular weight excluding hydrogens is 741 g/mol. The zero-order valence-electron chi connectivity index (χ0n) is 34.0. The molecule has 1 fully saturated rings. The summed E-state index contributed by atoms with van der Waals surface area (Å²) in [4.78, 5) is 23.3. The van der Waals surface area contributed by atoms with Crippen LogP contribution in [0.2, 0.25) is 0 Å². The average molecular weight is 818 g/mol. The zero-order chi connectivity index (χ0) is 41.6. The summed E-state index contributed by atoms with van der Waals surface area (Å²) in [5.41, 5.74) is 0. The normalized spacial score (nSPS) is 24.7. The molecule has 0 aromatic heterocycles. The minimum Gasteiger partial charge on any atom is -0.393 e. The first-order chi connectivity index (χ1) is 26.8. The number of aliphatic hydroxyl groups excluding tert-OH is 7. The zero-order valence-corrected chi connectivity index (χ0v) is 34.9. The van der Waals surface area contributed by atoms with Crippen LogP contribution in [-0.2, 0) is 18.4 Å². The van der Waals surface area contributed by atoms with Crippen molar-refractivity contribution >= 4 is 13.7 Å². The van der Waals surface area contributed by atoms with Crippen LogP contribution in [0.3, 0.4) is 0 Å². The fraction of sp³-hybridized carbons (Fsp3) is 0.786. The lowest BCUT2D eigenvalue weighted by atomic mass is 9.85. The van der Waals surface area contributed by atoms with Gasteiger partial charge in [-0.05, 0) is 70.6 Å². The number of amides is 1. The molecule has 0 aromatic rings. The molecule has 9 N–H and O–H groups in total. The fourth-order valence-corrected chi connectivity index (χ4v) is 7.30. The Balaban J connectivity index is 2.68. The lowest BCUT2D eigenvalue weighted by Crippen LogP contribution is -2.64. The van der Waals surface area contributed by atoms with Gasteiger partial charge in [-0.2, -0.15) is 0 Å². The van der Waals surface area contributed by atoms with Crippen LogP contribution in [-0.4, -0.2) is 108 Å². The Labute approximate surface area is 336 Å². The number of hydrogen-bond acceptors (Lipinski definition) is 11. The fourth-order valence-electron chi connectivity index (χ4n) is 6.33. The molecule has 8 unspecified atom stereocenters. The molecule has 0 radical (unpaired) electrons. The van der Waals surface area contributed by atoms with Crippen molar-refractivity contribution in [1.29, 1.82) is 0 Å². The van der Waals surface area contributed by atoms with E-state index in [0.29, 0.717) is 25.7 Å². The molecule has 14 heteroatoms. The standard InChI is InChI=1S/C42H76NO12P/c1-3-5-7-9-11-13-15-16-17-18-20-22-24-26-28-30-35(45)34(32-54-56(52,53)55-42-40(50)38(48)37(47)39(49)41(42)51)43-36(46)31-33(44)29-27-25-23-21-19-14-12-10-8-6-4-2/h15-16,20-23,28,30,33-35,37-42,44-45,47-51H,3-14,17-19,24-27,29,31-32H2,1-2H3,(H,43,46)(H,52,53)/b16-15+,22-20+,23-21-,30-28+. The quantitative estimate of drug-likeness (QED) is 0.0212. The maximum absolute atomic E-state index is 12.9. The van der Waals surface area contributed by atoms with E-state index in [1.54, 1.807) is 6.08 Å². The van der Waals surface area contributed by atoms with Crippen molar-refractivity contribution in [3.63, 3.8) is 0 Å². The first kappa shape index (κ1) is 52.3. The number of nitrogens with one attached hydrogen (secondary N) is 1. The number of carbonyl (C=O) groups is 1. The van der Waals surface area contributed by atoms with Crippen molar-refractivity contribution in [2.45, 2.75) is 204 Å². The van der Waals surface area contributed by atoms with E-state index < -0.39 is 75.2 Å². The lowest BCUT2D eigenvalue weighted by Gasteiger charge is -2.41. The minimum absolute atomic E-state index is 0.279. The predicted octanol–water partition coefficient (Wildman–Crippen LogP) is 5.97. The van der Waals surface area contributed by atoms with E-state index in [1.807, 2.05) is 6.08 Å². The molecule has 0 spiro atoms. The summed E-state index contributed by atoms with van der Waals surface area (Å²) in [5, 5.41) is 74.1. The third-order valence-corrected chi connectivity index (χ3v) is 10.8. The summed E-state index contributed by atoms with van der Waals surface area (Å²) < 4.78 is 22.8. The molecule has 1 rings (SSSR count). The third kappa shape index (κ3) is 24.2. The summed E-state index contributed by atoms with van der Waals surface area (Å²) in [6.45, 7) is 3.65. The molecule has 56 heavy (non-hydrogen) atoms. The van der Waals surface area contributed by atoms with Crippen LogP contribution < -0.4 is 5.32 Å². The van der Waals surface area contributed by atoms with E-state index in [2.05, 4.69) is 49.5 Å². The van der Waals surface area contributed by atoms with Crippen molar-refractivity contribution in [3.8, 4) is 0 Å². The van der Waals surface area contributed by atoms with Crippen LogP contribution in [0.5, 0.6) is 0 Å². The Morgan fingerprint density at radius 2 is 1.05 bits per heavy atom. The maximum atomic E-state index is 12.9. The first-order valence-corrected chi connectivity index (χ1v) is 22.7. The van der Waals surface area contributed by atoms with Crippen LogP contribution in [0.1, 0.15) is 149 Å². The summed E-state index contributed by atoms with van der Waals surface area (Å²) in [6.07, 6.45) is 22.2. The van der Waals surface area contributed by atoms with Crippen molar-refractivity contribution in [2.75, 3.05) is 6.61 Å². The van der Waals surface area contributed by atoms with Crippen molar-refractivity contribution in [3.05, 3.63) is 48.6 Å². The van der Waals surface area contributed by atoms with Gasteiger partial charge in [0.1, 0.15) is 36.6 Å². The van der Waals surface area contributed by atoms with Gasteiger partial charge in [0.25, 0.3) is 0 Å². The number of allylic oxidation sites excluding steroid dienone is 7. The summed E-state index contributed by atoms with van der Waals surface area (Å²) >= 11 is 0. The number of rotatable bonds is 33. The van der Waals surface area contributed by atoms with Gasteiger partial charge >= 0.3 is 7.82 Å². The molecular formula is C42H76NO12P. The Morgan fingerprint density at radius 3 is 1.57 bits per heavy atom. The SMILES string of the molecule is CCCCCCC/C=C/CC/C=C/CC/C=C/C(O)C(COP(=O)(O)OC1C(O)C(O)C(O)C(O)C1O)NC(=O)CC(O)CCC/C=C\CCCCCCCC. The number of phosphoric acid groups is 1. The van der Waals surface area contributed by atoms with Gasteiger partial charge in [0.05, 0.1) is 31.3 Å². The topological polar surface area (TPSA) is 226 Å². The Bertz CT molecular complexity index is 1150. The number of aliphatic hydroxyl groups is 7. The number of carbonyl (C=O) groups excluding carboxylic acids is 1. The molecule has 8 atom stereocenters. The predicted molar refractivity (Wildman–Crippen MR) is 219 cm³/mol. The Kier molecular flexibility index (Phi) is 30.0. The van der Waals surface area contributed by atoms with Crippen molar-refractivity contribution in [2.24, 2.45) is 0 Å². The van der Waals surface area contributed by atoms with E-state index in [4.69, 9.17) is 9.05 Å². The van der Waals surface area contributed by atoms with Gasteiger partial charge in [0, 0.05) is 0 Å². The second-order valence-electron chi connectivity index (χ2n) is 15.0. The highest BCUT2D eigenvalue weighted by atomic mass is 31.2. The second-order valence-corrected chi connectivity index (χ2v) is 16.4. The van der Waals surface area contributed by atoms with Gasteiger partial charge in [-0.15, -0.1) is 0 Å². The molecule has 1 saturated carbocycles. The van der Waals surface area contributed by atoms with Crippen LogP contribution in [0.15, 0.2) is 48.6 Å². The third-order valence-electron chi connectivity index (χ3n) is 9.86. The Morgan fingerprint density at radius 1 is 0.625 bits per heavy atom. The van der Waals surface area contributed by atoms with Crippen molar-refractivity contribution in [1.82, 2.24) is 5.32 Å². The van der Waals surface area contributed by atoms with Crippen LogP contribution >= 0.6 is 7.82 Å². The van der Waals surface area contributed by atoms with Gasteiger partial charge in [-0.1, -0.05) is 120 Å². The van der Waals surface area contributed by atoms with Gasteiger partial charge in [-0.25, -0.2) is 4.57 Å². The van der Waals surface area contributed by atoms with Gasteiger partial charge < -0.3 is 46.0 Å². The first-order valence-electron chi connectivity index (χ1n) is 21.2. The van der Waals surface area contributed by atoms with E-state index in [1.165, 1.54) is 70.3 Å². The molecule has 0 saturated heterocycles. The monoisotopic (exact) mass is 818 g/mol. The number of hydrogen-bond donors (Lipinski definition) is 9. The summed E-state index contributed by atoms with van der Waals surface area (Å²) in [7, 11) is -5.15. The lowest BCUT2D eigenvalue weighted by molar-refractivity contribution is -0.220. The van der Waals surface area contributed by atoms with Crippen molar-refractivity contribution < 1.29 is 59.0 Å². The van der Waals surface area contributed by atoms with Crippen LogP contribution in [0, 0.1) is 0 Å². The molecule has 1 aliphatic carbocycles. The van der Waals surface area contributed by atoms with E-state index in [0.717, 1.165) is 38.5 Å². The molecule has 0 bridgehead atoms. The largest absolute Gasteiger partial charge is 0.472 e. The number of unbranched alkanes of at least 4 members (excludes halogenated alkanes) is 14. The van der Waals surface area contributed by atoms with Gasteiger partial charge in [0.2, 0.25) is 5.91 Å². The van der Waals surface area contributed by atoms with Crippen LogP contribution in [0.4, 0.5) is 0 Å². The molecule has 0 aromatic carbocycles. The highest BCUT2D eigenvalue weighted by Gasteiger charge is 2.51. The van der Waals surface area contributed by atoms with Gasteiger partial charge in [-0.3, -0.25) is 13.8 Å². The molecule has 326 valence electrons. The highest BCUT2D eigenvalue weighted by Crippen LogP contribution is 2.47. The molecule has 1 aliphatic rings.